The number of hydrogen-bond donors (Lipinski definition) is 1. The molecule has 0 spiro atoms. The number of ether oxygens (including phenoxy) is 2. The van der Waals surface area contributed by atoms with Crippen LogP contribution in [0.2, 0.25) is 0 Å². The fourth-order valence-electron chi connectivity index (χ4n) is 3.13. The lowest BCUT2D eigenvalue weighted by Gasteiger charge is -2.08. The van der Waals surface area contributed by atoms with Crippen LogP contribution in [0.1, 0.15) is 16.7 Å². The van der Waals surface area contributed by atoms with E-state index in [0.717, 1.165) is 40.0 Å². The number of nitrogens with one attached hydrogen (secondary N) is 1. The normalized spacial score (nSPS) is 15.8. The first-order chi connectivity index (χ1) is 15.1. The average Bonchev–Trinajstić information content (AvgIpc) is 3.11. The molecule has 2 amide bonds. The Hall–Kier alpha value is -3.51. The van der Waals surface area contributed by atoms with E-state index in [1.165, 1.54) is 0 Å². The van der Waals surface area contributed by atoms with Crippen molar-refractivity contribution >= 4 is 35.1 Å². The fourth-order valence-corrected chi connectivity index (χ4v) is 3.99. The Bertz CT molecular complexity index is 1090. The molecule has 0 aromatic heterocycles. The maximum absolute atomic E-state index is 11.7. The molecule has 1 atom stereocenters. The number of benzene rings is 3. The molecule has 3 aromatic rings. The smallest absolute Gasteiger partial charge is 0.286 e. The van der Waals surface area contributed by atoms with Gasteiger partial charge in [0.05, 0.1) is 12.4 Å². The van der Waals surface area contributed by atoms with Gasteiger partial charge in [-0.3, -0.25) is 14.9 Å². The number of amides is 2. The molecule has 0 aliphatic carbocycles. The minimum Gasteiger partial charge on any atom is -0.497 e. The third-order valence-electron chi connectivity index (χ3n) is 4.81. The summed E-state index contributed by atoms with van der Waals surface area (Å²) in [5, 5.41) is 1.67. The van der Waals surface area contributed by atoms with Crippen molar-refractivity contribution in [3.8, 4) is 17.2 Å². The summed E-state index contributed by atoms with van der Waals surface area (Å²) in [6, 6.07) is 23.3. The molecular formula is C25H21NO4S. The lowest BCUT2D eigenvalue weighted by molar-refractivity contribution is -0.118. The molecule has 1 fully saturated rings. The van der Waals surface area contributed by atoms with Gasteiger partial charge in [-0.15, -0.1) is 0 Å². The van der Waals surface area contributed by atoms with Gasteiger partial charge in [0.2, 0.25) is 5.91 Å². The molecule has 6 heteroatoms. The SMILES string of the molecule is COc1ccc(C=Cc2ccc(Oc3ccc(CC4SC(=O)NC4=O)cc3)cc2)cc1. The van der Waals surface area contributed by atoms with Gasteiger partial charge in [0, 0.05) is 0 Å². The molecule has 156 valence electrons. The van der Waals surface area contributed by atoms with Crippen LogP contribution in [0.5, 0.6) is 17.2 Å². The van der Waals surface area contributed by atoms with Crippen LogP contribution in [0.3, 0.4) is 0 Å². The molecule has 1 aliphatic rings. The van der Waals surface area contributed by atoms with Gasteiger partial charge < -0.3 is 9.47 Å². The monoisotopic (exact) mass is 431 g/mol. The number of carbonyl (C=O) groups excluding carboxylic acids is 2. The standard InChI is InChI=1S/C25H21NO4S/c1-29-20-10-4-17(5-11-20)2-3-18-6-12-21(13-7-18)30-22-14-8-19(9-15-22)16-23-24(27)26-25(28)31-23/h2-15,23H,16H2,1H3,(H,26,27,28). The Morgan fingerprint density at radius 2 is 1.32 bits per heavy atom. The zero-order valence-corrected chi connectivity index (χ0v) is 17.7. The van der Waals surface area contributed by atoms with Gasteiger partial charge >= 0.3 is 0 Å². The number of rotatable bonds is 7. The summed E-state index contributed by atoms with van der Waals surface area (Å²) in [6.45, 7) is 0. The van der Waals surface area contributed by atoms with Crippen molar-refractivity contribution in [1.82, 2.24) is 5.32 Å². The largest absolute Gasteiger partial charge is 0.497 e. The first-order valence-electron chi connectivity index (χ1n) is 9.79. The van der Waals surface area contributed by atoms with Gasteiger partial charge in [-0.2, -0.15) is 0 Å². The van der Waals surface area contributed by atoms with E-state index in [0.29, 0.717) is 12.2 Å². The highest BCUT2D eigenvalue weighted by molar-refractivity contribution is 8.15. The van der Waals surface area contributed by atoms with Crippen LogP contribution in [0, 0.1) is 0 Å². The second-order valence-electron chi connectivity index (χ2n) is 7.01. The van der Waals surface area contributed by atoms with Gasteiger partial charge in [0.15, 0.2) is 0 Å². The minimum absolute atomic E-state index is 0.226. The second-order valence-corrected chi connectivity index (χ2v) is 8.18. The lowest BCUT2D eigenvalue weighted by Crippen LogP contribution is -2.25. The number of hydrogen-bond acceptors (Lipinski definition) is 5. The maximum atomic E-state index is 11.7. The maximum Gasteiger partial charge on any atom is 0.286 e. The average molecular weight is 432 g/mol. The van der Waals surface area contributed by atoms with Crippen molar-refractivity contribution in [1.29, 1.82) is 0 Å². The van der Waals surface area contributed by atoms with Crippen molar-refractivity contribution in [3.05, 3.63) is 89.5 Å². The van der Waals surface area contributed by atoms with Gasteiger partial charge in [-0.25, -0.2) is 0 Å². The molecular weight excluding hydrogens is 410 g/mol. The third-order valence-corrected chi connectivity index (χ3v) is 5.79. The molecule has 5 nitrogen and oxygen atoms in total. The zero-order valence-electron chi connectivity index (χ0n) is 16.9. The third kappa shape index (κ3) is 5.55. The summed E-state index contributed by atoms with van der Waals surface area (Å²) in [4.78, 5) is 23.0. The number of carbonyl (C=O) groups is 2. The fraction of sp³-hybridized carbons (Fsp3) is 0.120. The Balaban J connectivity index is 1.33. The number of imide groups is 1. The summed E-state index contributed by atoms with van der Waals surface area (Å²) >= 11 is 1.04. The summed E-state index contributed by atoms with van der Waals surface area (Å²) in [7, 11) is 1.65. The Kier molecular flexibility index (Phi) is 6.38. The molecule has 0 radical (unpaired) electrons. The van der Waals surface area contributed by atoms with Crippen LogP contribution < -0.4 is 14.8 Å². The quantitative estimate of drug-likeness (QED) is 0.497. The first-order valence-corrected chi connectivity index (χ1v) is 10.7. The van der Waals surface area contributed by atoms with Crippen LogP contribution in [0.4, 0.5) is 4.79 Å². The highest BCUT2D eigenvalue weighted by Gasteiger charge is 2.31. The molecule has 1 unspecified atom stereocenters. The summed E-state index contributed by atoms with van der Waals surface area (Å²) in [5.41, 5.74) is 3.15. The zero-order chi connectivity index (χ0) is 21.6. The molecule has 0 saturated carbocycles. The summed E-state index contributed by atoms with van der Waals surface area (Å²) in [6.07, 6.45) is 4.60. The van der Waals surface area contributed by atoms with Crippen molar-refractivity contribution in [2.45, 2.75) is 11.7 Å². The van der Waals surface area contributed by atoms with E-state index in [4.69, 9.17) is 9.47 Å². The predicted octanol–water partition coefficient (Wildman–Crippen LogP) is 5.55. The van der Waals surface area contributed by atoms with Crippen molar-refractivity contribution in [2.75, 3.05) is 7.11 Å². The Morgan fingerprint density at radius 3 is 1.81 bits per heavy atom. The van der Waals surface area contributed by atoms with Crippen LogP contribution >= 0.6 is 11.8 Å². The molecule has 0 bridgehead atoms. The lowest BCUT2D eigenvalue weighted by atomic mass is 10.1. The van der Waals surface area contributed by atoms with Crippen molar-refractivity contribution < 1.29 is 19.1 Å². The summed E-state index contributed by atoms with van der Waals surface area (Å²) in [5.74, 6) is 2.07. The van der Waals surface area contributed by atoms with E-state index < -0.39 is 0 Å². The summed E-state index contributed by atoms with van der Waals surface area (Å²) < 4.78 is 11.1. The number of methoxy groups -OCH3 is 1. The second kappa shape index (κ2) is 9.53. The number of thioether (sulfide) groups is 1. The van der Waals surface area contributed by atoms with Crippen LogP contribution in [0.15, 0.2) is 72.8 Å². The van der Waals surface area contributed by atoms with E-state index in [1.54, 1.807) is 7.11 Å². The highest BCUT2D eigenvalue weighted by atomic mass is 32.2. The van der Waals surface area contributed by atoms with E-state index >= 15 is 0 Å². The topological polar surface area (TPSA) is 64.6 Å². The molecule has 1 N–H and O–H groups in total. The molecule has 31 heavy (non-hydrogen) atoms. The van der Waals surface area contributed by atoms with Crippen LogP contribution in [-0.4, -0.2) is 23.5 Å². The van der Waals surface area contributed by atoms with Crippen molar-refractivity contribution in [3.63, 3.8) is 0 Å². The molecule has 1 aliphatic heterocycles. The van der Waals surface area contributed by atoms with Crippen LogP contribution in [-0.2, 0) is 11.2 Å². The van der Waals surface area contributed by atoms with Crippen LogP contribution in [0.25, 0.3) is 12.2 Å². The molecule has 1 saturated heterocycles. The van der Waals surface area contributed by atoms with E-state index in [2.05, 4.69) is 5.32 Å². The predicted molar refractivity (Wildman–Crippen MR) is 124 cm³/mol. The van der Waals surface area contributed by atoms with E-state index in [1.807, 2.05) is 84.9 Å². The molecule has 1 heterocycles. The van der Waals surface area contributed by atoms with Gasteiger partial charge in [-0.1, -0.05) is 60.3 Å². The van der Waals surface area contributed by atoms with Crippen molar-refractivity contribution in [2.24, 2.45) is 0 Å². The first kappa shape index (κ1) is 20.8. The van der Waals surface area contributed by atoms with Gasteiger partial charge in [0.1, 0.15) is 17.2 Å². The highest BCUT2D eigenvalue weighted by Crippen LogP contribution is 2.26. The van der Waals surface area contributed by atoms with E-state index in [9.17, 15) is 9.59 Å². The van der Waals surface area contributed by atoms with Gasteiger partial charge in [-0.05, 0) is 59.5 Å². The minimum atomic E-state index is -0.363. The van der Waals surface area contributed by atoms with E-state index in [-0.39, 0.29) is 16.4 Å². The Morgan fingerprint density at radius 1 is 0.806 bits per heavy atom. The molecule has 3 aromatic carbocycles. The molecule has 4 rings (SSSR count). The van der Waals surface area contributed by atoms with Gasteiger partial charge in [0.25, 0.3) is 5.24 Å². The Labute approximate surface area is 185 Å².